The maximum atomic E-state index is 4.22. The standard InChI is InChI=1S/C8H10N4S2/c1-13-2-3-14-8-6-7(10-4-9-6)11-5-12-8/h4-5H,2-3H2,1H3,(H,9,10,11,12). The molecule has 4 nitrogen and oxygen atoms in total. The molecule has 0 saturated carbocycles. The Bertz CT molecular complexity index is 414. The third-order valence-corrected chi connectivity index (χ3v) is 3.58. The molecule has 0 aliphatic rings. The number of aromatic amines is 1. The molecule has 0 amide bonds. The van der Waals surface area contributed by atoms with Gasteiger partial charge in [0, 0.05) is 11.5 Å². The van der Waals surface area contributed by atoms with Gasteiger partial charge in [-0.05, 0) is 6.26 Å². The predicted molar refractivity (Wildman–Crippen MR) is 60.8 cm³/mol. The fourth-order valence-corrected chi connectivity index (χ4v) is 2.68. The third kappa shape index (κ3) is 2.01. The Kier molecular flexibility index (Phi) is 3.26. The Morgan fingerprint density at radius 3 is 3.07 bits per heavy atom. The van der Waals surface area contributed by atoms with E-state index >= 15 is 0 Å². The maximum Gasteiger partial charge on any atom is 0.181 e. The van der Waals surface area contributed by atoms with Gasteiger partial charge in [0.15, 0.2) is 5.65 Å². The molecule has 0 bridgehead atoms. The quantitative estimate of drug-likeness (QED) is 0.489. The van der Waals surface area contributed by atoms with Crippen molar-refractivity contribution in [2.75, 3.05) is 17.8 Å². The van der Waals surface area contributed by atoms with E-state index in [9.17, 15) is 0 Å². The van der Waals surface area contributed by atoms with Crippen LogP contribution in [0.15, 0.2) is 17.7 Å². The zero-order valence-corrected chi connectivity index (χ0v) is 9.36. The van der Waals surface area contributed by atoms with Crippen LogP contribution in [0.1, 0.15) is 0 Å². The van der Waals surface area contributed by atoms with E-state index in [1.54, 1.807) is 24.4 Å². The lowest BCUT2D eigenvalue weighted by molar-refractivity contribution is 1.09. The summed E-state index contributed by atoms with van der Waals surface area (Å²) in [4.78, 5) is 15.4. The molecule has 0 fully saturated rings. The van der Waals surface area contributed by atoms with Crippen LogP contribution >= 0.6 is 23.5 Å². The average molecular weight is 226 g/mol. The van der Waals surface area contributed by atoms with Gasteiger partial charge in [0.05, 0.1) is 6.33 Å². The minimum absolute atomic E-state index is 0.742. The Hall–Kier alpha value is -0.750. The van der Waals surface area contributed by atoms with Crippen molar-refractivity contribution in [2.45, 2.75) is 5.03 Å². The number of hydrogen-bond acceptors (Lipinski definition) is 5. The summed E-state index contributed by atoms with van der Waals surface area (Å²) in [6, 6.07) is 0. The number of rotatable bonds is 4. The first kappa shape index (κ1) is 9.79. The zero-order chi connectivity index (χ0) is 9.80. The highest BCUT2D eigenvalue weighted by Crippen LogP contribution is 2.21. The van der Waals surface area contributed by atoms with E-state index in [-0.39, 0.29) is 0 Å². The number of nitrogens with zero attached hydrogens (tertiary/aromatic N) is 3. The largest absolute Gasteiger partial charge is 0.341 e. The van der Waals surface area contributed by atoms with Crippen LogP contribution in [0, 0.1) is 0 Å². The van der Waals surface area contributed by atoms with Crippen molar-refractivity contribution >= 4 is 34.7 Å². The van der Waals surface area contributed by atoms with Gasteiger partial charge in [-0.15, -0.1) is 11.8 Å². The summed E-state index contributed by atoms with van der Waals surface area (Å²) in [5.41, 5.74) is 1.69. The second-order valence-electron chi connectivity index (χ2n) is 2.62. The van der Waals surface area contributed by atoms with Crippen molar-refractivity contribution in [3.05, 3.63) is 12.7 Å². The molecule has 2 heterocycles. The second-order valence-corrected chi connectivity index (χ2v) is 4.69. The topological polar surface area (TPSA) is 54.5 Å². The molecule has 0 unspecified atom stereocenters. The molecule has 1 N–H and O–H groups in total. The van der Waals surface area contributed by atoms with Crippen molar-refractivity contribution < 1.29 is 0 Å². The Labute approximate surface area is 90.3 Å². The lowest BCUT2D eigenvalue weighted by atomic mass is 10.6. The Morgan fingerprint density at radius 1 is 1.29 bits per heavy atom. The molecule has 0 atom stereocenters. The lowest BCUT2D eigenvalue weighted by Gasteiger charge is -1.99. The van der Waals surface area contributed by atoms with Crippen LogP contribution < -0.4 is 0 Å². The molecule has 0 saturated heterocycles. The van der Waals surface area contributed by atoms with Crippen molar-refractivity contribution in [1.29, 1.82) is 0 Å². The van der Waals surface area contributed by atoms with Gasteiger partial charge < -0.3 is 4.98 Å². The smallest absolute Gasteiger partial charge is 0.181 e. The number of nitrogens with one attached hydrogen (secondary N) is 1. The molecular weight excluding hydrogens is 216 g/mol. The molecule has 2 rings (SSSR count). The van der Waals surface area contributed by atoms with E-state index < -0.39 is 0 Å². The average Bonchev–Trinajstić information content (AvgIpc) is 2.67. The molecule has 0 aliphatic heterocycles. The van der Waals surface area contributed by atoms with Gasteiger partial charge in [0.1, 0.15) is 16.9 Å². The number of H-pyrrole nitrogens is 1. The molecule has 0 aromatic carbocycles. The number of aromatic nitrogens is 4. The molecule has 0 aliphatic carbocycles. The van der Waals surface area contributed by atoms with Gasteiger partial charge in [0.2, 0.25) is 0 Å². The molecule has 2 aromatic rings. The van der Waals surface area contributed by atoms with Crippen molar-refractivity contribution in [2.24, 2.45) is 0 Å². The van der Waals surface area contributed by atoms with E-state index in [2.05, 4.69) is 26.2 Å². The first-order valence-corrected chi connectivity index (χ1v) is 6.55. The predicted octanol–water partition coefficient (Wildman–Crippen LogP) is 1.81. The summed E-state index contributed by atoms with van der Waals surface area (Å²) in [6.07, 6.45) is 5.31. The van der Waals surface area contributed by atoms with Gasteiger partial charge >= 0.3 is 0 Å². The van der Waals surface area contributed by atoms with E-state index in [1.807, 2.05) is 11.8 Å². The minimum Gasteiger partial charge on any atom is -0.341 e. The van der Waals surface area contributed by atoms with Gasteiger partial charge in [-0.3, -0.25) is 0 Å². The van der Waals surface area contributed by atoms with Crippen molar-refractivity contribution in [3.8, 4) is 0 Å². The van der Waals surface area contributed by atoms with Crippen molar-refractivity contribution in [3.63, 3.8) is 0 Å². The SMILES string of the molecule is CSCCSc1ncnc2nc[nH]c12. The molecule has 6 heteroatoms. The van der Waals surface area contributed by atoms with Crippen LogP contribution in [0.2, 0.25) is 0 Å². The Balaban J connectivity index is 2.19. The second kappa shape index (κ2) is 4.65. The minimum atomic E-state index is 0.742. The van der Waals surface area contributed by atoms with E-state index in [0.717, 1.165) is 27.7 Å². The van der Waals surface area contributed by atoms with Crippen LogP contribution in [-0.4, -0.2) is 37.7 Å². The monoisotopic (exact) mass is 226 g/mol. The van der Waals surface area contributed by atoms with Crippen LogP contribution in [0.5, 0.6) is 0 Å². The fraction of sp³-hybridized carbons (Fsp3) is 0.375. The Morgan fingerprint density at radius 2 is 2.21 bits per heavy atom. The summed E-state index contributed by atoms with van der Waals surface area (Å²) in [7, 11) is 0. The highest BCUT2D eigenvalue weighted by atomic mass is 32.2. The van der Waals surface area contributed by atoms with Crippen LogP contribution in [0.25, 0.3) is 11.2 Å². The highest BCUT2D eigenvalue weighted by molar-refractivity contribution is 8.02. The summed E-state index contributed by atoms with van der Waals surface area (Å²) in [5.74, 6) is 2.19. The summed E-state index contributed by atoms with van der Waals surface area (Å²) < 4.78 is 0. The fourth-order valence-electron chi connectivity index (χ4n) is 1.07. The first-order chi connectivity index (χ1) is 6.92. The van der Waals surface area contributed by atoms with E-state index in [1.165, 1.54) is 0 Å². The number of imidazole rings is 1. The van der Waals surface area contributed by atoms with Gasteiger partial charge in [-0.25, -0.2) is 15.0 Å². The molecule has 14 heavy (non-hydrogen) atoms. The van der Waals surface area contributed by atoms with Gasteiger partial charge in [-0.1, -0.05) is 0 Å². The molecule has 74 valence electrons. The number of fused-ring (bicyclic) bond motifs is 1. The lowest BCUT2D eigenvalue weighted by Crippen LogP contribution is -1.88. The first-order valence-electron chi connectivity index (χ1n) is 4.17. The normalized spacial score (nSPS) is 10.9. The summed E-state index contributed by atoms with van der Waals surface area (Å²) in [5, 5.41) is 0.988. The maximum absolute atomic E-state index is 4.22. The number of thioether (sulfide) groups is 2. The molecular formula is C8H10N4S2. The van der Waals surface area contributed by atoms with Gasteiger partial charge in [-0.2, -0.15) is 11.8 Å². The van der Waals surface area contributed by atoms with Crippen LogP contribution in [0.4, 0.5) is 0 Å². The summed E-state index contributed by atoms with van der Waals surface area (Å²) in [6.45, 7) is 0. The van der Waals surface area contributed by atoms with Gasteiger partial charge in [0.25, 0.3) is 0 Å². The molecule has 2 aromatic heterocycles. The van der Waals surface area contributed by atoms with Crippen molar-refractivity contribution in [1.82, 2.24) is 19.9 Å². The number of hydrogen-bond donors (Lipinski definition) is 1. The molecule has 0 radical (unpaired) electrons. The summed E-state index contributed by atoms with van der Waals surface area (Å²) >= 11 is 3.57. The third-order valence-electron chi connectivity index (χ3n) is 1.71. The molecule has 0 spiro atoms. The highest BCUT2D eigenvalue weighted by Gasteiger charge is 2.05. The van der Waals surface area contributed by atoms with E-state index in [0.29, 0.717) is 0 Å². The van der Waals surface area contributed by atoms with Crippen LogP contribution in [-0.2, 0) is 0 Å². The van der Waals surface area contributed by atoms with Crippen LogP contribution in [0.3, 0.4) is 0 Å². The zero-order valence-electron chi connectivity index (χ0n) is 7.73. The van der Waals surface area contributed by atoms with E-state index in [4.69, 9.17) is 0 Å².